The Balaban J connectivity index is 2.36. The van der Waals surface area contributed by atoms with Crippen LogP contribution < -0.4 is 10.6 Å². The van der Waals surface area contributed by atoms with Crippen molar-refractivity contribution in [2.45, 2.75) is 58.1 Å². The first-order valence-electron chi connectivity index (χ1n) is 7.64. The summed E-state index contributed by atoms with van der Waals surface area (Å²) in [6.45, 7) is 15.1. The highest BCUT2D eigenvalue weighted by Crippen LogP contribution is 2.34. The van der Waals surface area contributed by atoms with Gasteiger partial charge in [-0.15, -0.1) is 0 Å². The molecule has 2 heterocycles. The van der Waals surface area contributed by atoms with E-state index in [0.29, 0.717) is 10.6 Å². The van der Waals surface area contributed by atoms with Crippen molar-refractivity contribution in [3.8, 4) is 0 Å². The van der Waals surface area contributed by atoms with Crippen molar-refractivity contribution in [3.63, 3.8) is 0 Å². The Morgan fingerprint density at radius 1 is 1.19 bits per heavy atom. The molecule has 1 aliphatic heterocycles. The number of hydrogen-bond acceptors (Lipinski definition) is 5. The SMILES string of the molecule is Cc1c(N)nc(C(C)(C)C)nc1N1CCSC(C)(C)CC1. The molecule has 0 aromatic carbocycles. The minimum atomic E-state index is -0.0869. The van der Waals surface area contributed by atoms with Gasteiger partial charge in [-0.2, -0.15) is 11.8 Å². The van der Waals surface area contributed by atoms with Crippen molar-refractivity contribution in [2.24, 2.45) is 0 Å². The molecule has 0 atom stereocenters. The highest BCUT2D eigenvalue weighted by molar-refractivity contribution is 8.00. The molecule has 0 radical (unpaired) electrons. The van der Waals surface area contributed by atoms with Gasteiger partial charge >= 0.3 is 0 Å². The van der Waals surface area contributed by atoms with Gasteiger partial charge in [0.15, 0.2) is 0 Å². The number of nitrogens with zero attached hydrogens (tertiary/aromatic N) is 3. The monoisotopic (exact) mass is 308 g/mol. The van der Waals surface area contributed by atoms with Crippen LogP contribution in [0.3, 0.4) is 0 Å². The number of rotatable bonds is 1. The molecule has 118 valence electrons. The second kappa shape index (κ2) is 5.67. The molecule has 1 aromatic heterocycles. The molecule has 2 rings (SSSR count). The van der Waals surface area contributed by atoms with Crippen LogP contribution in [0.2, 0.25) is 0 Å². The summed E-state index contributed by atoms with van der Waals surface area (Å²) in [5.41, 5.74) is 7.05. The van der Waals surface area contributed by atoms with Crippen LogP contribution in [0, 0.1) is 6.92 Å². The van der Waals surface area contributed by atoms with Gasteiger partial charge < -0.3 is 10.6 Å². The summed E-state index contributed by atoms with van der Waals surface area (Å²) in [5.74, 6) is 3.59. The number of nitrogens with two attached hydrogens (primary N) is 1. The number of hydrogen-bond donors (Lipinski definition) is 1. The largest absolute Gasteiger partial charge is 0.383 e. The van der Waals surface area contributed by atoms with Crippen molar-refractivity contribution in [2.75, 3.05) is 29.5 Å². The molecule has 5 heteroatoms. The number of nitrogen functional groups attached to an aromatic ring is 1. The number of aromatic nitrogens is 2. The first-order valence-corrected chi connectivity index (χ1v) is 8.62. The van der Waals surface area contributed by atoms with Crippen molar-refractivity contribution in [1.29, 1.82) is 0 Å². The Labute approximate surface area is 132 Å². The molecule has 0 bridgehead atoms. The Bertz CT molecular complexity index is 520. The van der Waals surface area contributed by atoms with E-state index in [1.54, 1.807) is 0 Å². The molecule has 2 N–H and O–H groups in total. The maximum absolute atomic E-state index is 6.13. The van der Waals surface area contributed by atoms with Gasteiger partial charge in [-0.1, -0.05) is 34.6 Å². The highest BCUT2D eigenvalue weighted by Gasteiger charge is 2.27. The van der Waals surface area contributed by atoms with E-state index >= 15 is 0 Å². The van der Waals surface area contributed by atoms with Crippen LogP contribution in [0.1, 0.15) is 52.4 Å². The topological polar surface area (TPSA) is 55.0 Å². The van der Waals surface area contributed by atoms with Crippen LogP contribution in [0.25, 0.3) is 0 Å². The van der Waals surface area contributed by atoms with Crippen LogP contribution in [-0.4, -0.2) is 33.6 Å². The molecule has 0 unspecified atom stereocenters. The van der Waals surface area contributed by atoms with Crippen molar-refractivity contribution < 1.29 is 0 Å². The Kier molecular flexibility index (Phi) is 4.43. The summed E-state index contributed by atoms with van der Waals surface area (Å²) in [4.78, 5) is 11.7. The van der Waals surface area contributed by atoms with Crippen LogP contribution in [0.5, 0.6) is 0 Å². The average molecular weight is 308 g/mol. The lowest BCUT2D eigenvalue weighted by molar-refractivity contribution is 0.543. The molecule has 0 saturated carbocycles. The third-order valence-electron chi connectivity index (χ3n) is 3.97. The van der Waals surface area contributed by atoms with Gasteiger partial charge in [0, 0.05) is 34.6 Å². The van der Waals surface area contributed by atoms with Gasteiger partial charge in [0.25, 0.3) is 0 Å². The molecule has 1 fully saturated rings. The molecular formula is C16H28N4S. The molecule has 0 aliphatic carbocycles. The number of anilines is 2. The van der Waals surface area contributed by atoms with Gasteiger partial charge in [0.2, 0.25) is 0 Å². The van der Waals surface area contributed by atoms with Crippen molar-refractivity contribution in [1.82, 2.24) is 9.97 Å². The lowest BCUT2D eigenvalue weighted by Crippen LogP contribution is -2.30. The Morgan fingerprint density at radius 2 is 1.86 bits per heavy atom. The minimum absolute atomic E-state index is 0.0869. The van der Waals surface area contributed by atoms with E-state index in [-0.39, 0.29) is 5.41 Å². The van der Waals surface area contributed by atoms with Crippen molar-refractivity contribution in [3.05, 3.63) is 11.4 Å². The third-order valence-corrected chi connectivity index (χ3v) is 5.34. The summed E-state index contributed by atoms with van der Waals surface area (Å²) in [6, 6.07) is 0. The summed E-state index contributed by atoms with van der Waals surface area (Å²) in [7, 11) is 0. The second-order valence-corrected chi connectivity index (χ2v) is 9.28. The molecule has 0 spiro atoms. The maximum atomic E-state index is 6.13. The molecule has 4 nitrogen and oxygen atoms in total. The average Bonchev–Trinajstić information content (AvgIpc) is 2.52. The molecule has 1 aromatic rings. The lowest BCUT2D eigenvalue weighted by atomic mass is 9.95. The second-order valence-electron chi connectivity index (χ2n) is 7.48. The maximum Gasteiger partial charge on any atom is 0.138 e. The highest BCUT2D eigenvalue weighted by atomic mass is 32.2. The van der Waals surface area contributed by atoms with E-state index in [9.17, 15) is 0 Å². The van der Waals surface area contributed by atoms with Crippen LogP contribution in [0.4, 0.5) is 11.6 Å². The zero-order chi connectivity index (χ0) is 15.8. The van der Waals surface area contributed by atoms with Crippen LogP contribution in [-0.2, 0) is 5.41 Å². The fourth-order valence-corrected chi connectivity index (χ4v) is 3.50. The predicted molar refractivity (Wildman–Crippen MR) is 93.2 cm³/mol. The van der Waals surface area contributed by atoms with E-state index < -0.39 is 0 Å². The van der Waals surface area contributed by atoms with E-state index in [2.05, 4.69) is 44.5 Å². The van der Waals surface area contributed by atoms with Gasteiger partial charge in [-0.05, 0) is 13.3 Å². The standard InChI is InChI=1S/C16H28N4S/c1-11-12(17)18-14(15(2,3)4)19-13(11)20-8-7-16(5,6)21-10-9-20/h7-10H2,1-6H3,(H2,17,18,19). The first-order chi connectivity index (χ1) is 9.60. The quantitative estimate of drug-likeness (QED) is 0.862. The first kappa shape index (κ1) is 16.4. The lowest BCUT2D eigenvalue weighted by Gasteiger charge is -2.27. The minimum Gasteiger partial charge on any atom is -0.383 e. The Hall–Kier alpha value is -0.970. The fourth-order valence-electron chi connectivity index (χ4n) is 2.40. The smallest absolute Gasteiger partial charge is 0.138 e. The summed E-state index contributed by atoms with van der Waals surface area (Å²) in [6.07, 6.45) is 1.16. The third kappa shape index (κ3) is 3.82. The molecule has 1 aliphatic rings. The Morgan fingerprint density at radius 3 is 2.48 bits per heavy atom. The predicted octanol–water partition coefficient (Wildman–Crippen LogP) is 3.39. The van der Waals surface area contributed by atoms with Crippen LogP contribution in [0.15, 0.2) is 0 Å². The van der Waals surface area contributed by atoms with E-state index in [1.165, 1.54) is 0 Å². The summed E-state index contributed by atoms with van der Waals surface area (Å²) < 4.78 is 0.341. The van der Waals surface area contributed by atoms with Crippen molar-refractivity contribution >= 4 is 23.4 Å². The molecular weight excluding hydrogens is 280 g/mol. The number of thioether (sulfide) groups is 1. The van der Waals surface area contributed by atoms with Gasteiger partial charge in [0.1, 0.15) is 17.5 Å². The van der Waals surface area contributed by atoms with Crippen LogP contribution >= 0.6 is 11.8 Å². The van der Waals surface area contributed by atoms with Gasteiger partial charge in [-0.3, -0.25) is 0 Å². The normalized spacial score (nSPS) is 19.4. The molecule has 1 saturated heterocycles. The van der Waals surface area contributed by atoms with E-state index in [1.807, 2.05) is 18.7 Å². The van der Waals surface area contributed by atoms with Gasteiger partial charge in [-0.25, -0.2) is 9.97 Å². The van der Waals surface area contributed by atoms with E-state index in [4.69, 9.17) is 10.7 Å². The summed E-state index contributed by atoms with van der Waals surface area (Å²) in [5, 5.41) is 0. The molecule has 0 amide bonds. The van der Waals surface area contributed by atoms with E-state index in [0.717, 1.165) is 42.5 Å². The zero-order valence-corrected chi connectivity index (χ0v) is 15.0. The van der Waals surface area contributed by atoms with Gasteiger partial charge in [0.05, 0.1) is 0 Å². The summed E-state index contributed by atoms with van der Waals surface area (Å²) >= 11 is 2.04. The molecule has 21 heavy (non-hydrogen) atoms. The zero-order valence-electron chi connectivity index (χ0n) is 14.2. The fraction of sp³-hybridized carbons (Fsp3) is 0.750.